The quantitative estimate of drug-likeness (QED) is 0.762. The van der Waals surface area contributed by atoms with Gasteiger partial charge in [-0.05, 0) is 25.0 Å². The van der Waals surface area contributed by atoms with Crippen LogP contribution < -0.4 is 10.6 Å². The highest BCUT2D eigenvalue weighted by Gasteiger charge is 2.31. The number of amides is 2. The average molecular weight is 312 g/mol. The van der Waals surface area contributed by atoms with Crippen LogP contribution in [0.4, 0.5) is 8.78 Å². The molecule has 1 aliphatic carbocycles. The van der Waals surface area contributed by atoms with E-state index in [9.17, 15) is 23.5 Å². The van der Waals surface area contributed by atoms with Crippen molar-refractivity contribution in [2.45, 2.75) is 31.3 Å². The van der Waals surface area contributed by atoms with E-state index >= 15 is 0 Å². The van der Waals surface area contributed by atoms with Gasteiger partial charge in [0.2, 0.25) is 5.91 Å². The van der Waals surface area contributed by atoms with Crippen molar-refractivity contribution in [2.75, 3.05) is 13.1 Å². The molecule has 0 atom stereocenters. The second-order valence-corrected chi connectivity index (χ2v) is 5.52. The van der Waals surface area contributed by atoms with Crippen molar-refractivity contribution in [3.05, 3.63) is 35.4 Å². The lowest BCUT2D eigenvalue weighted by atomic mass is 10.0. The third kappa shape index (κ3) is 4.24. The highest BCUT2D eigenvalue weighted by molar-refractivity contribution is 5.96. The zero-order chi connectivity index (χ0) is 16.2. The number of aliphatic hydroxyl groups is 1. The Kier molecular flexibility index (Phi) is 5.07. The van der Waals surface area contributed by atoms with Gasteiger partial charge in [0.15, 0.2) is 0 Å². The lowest BCUT2D eigenvalue weighted by Gasteiger charge is -2.22. The fourth-order valence-electron chi connectivity index (χ4n) is 2.46. The molecule has 0 unspecified atom stereocenters. The van der Waals surface area contributed by atoms with Gasteiger partial charge >= 0.3 is 0 Å². The molecule has 1 saturated carbocycles. The van der Waals surface area contributed by atoms with Crippen molar-refractivity contribution in [1.29, 1.82) is 0 Å². The number of benzene rings is 1. The van der Waals surface area contributed by atoms with Crippen LogP contribution in [0.2, 0.25) is 0 Å². The van der Waals surface area contributed by atoms with E-state index < -0.39 is 29.0 Å². The minimum Gasteiger partial charge on any atom is -0.388 e. The monoisotopic (exact) mass is 312 g/mol. The highest BCUT2D eigenvalue weighted by atomic mass is 19.1. The zero-order valence-electron chi connectivity index (χ0n) is 12.0. The van der Waals surface area contributed by atoms with Crippen LogP contribution in [0.25, 0.3) is 0 Å². The Labute approximate surface area is 126 Å². The van der Waals surface area contributed by atoms with Crippen LogP contribution in [0.15, 0.2) is 18.2 Å². The molecule has 0 aromatic heterocycles. The Bertz CT molecular complexity index is 572. The van der Waals surface area contributed by atoms with E-state index in [1.54, 1.807) is 0 Å². The Morgan fingerprint density at radius 2 is 1.86 bits per heavy atom. The molecule has 0 aliphatic heterocycles. The van der Waals surface area contributed by atoms with Crippen LogP contribution >= 0.6 is 0 Å². The third-order valence-corrected chi connectivity index (χ3v) is 3.73. The van der Waals surface area contributed by atoms with Gasteiger partial charge in [-0.1, -0.05) is 12.8 Å². The molecule has 120 valence electrons. The highest BCUT2D eigenvalue weighted by Crippen LogP contribution is 2.28. The second kappa shape index (κ2) is 6.83. The molecular weight excluding hydrogens is 294 g/mol. The number of hydrogen-bond acceptors (Lipinski definition) is 3. The molecule has 0 spiro atoms. The van der Waals surface area contributed by atoms with E-state index in [2.05, 4.69) is 10.6 Å². The Hall–Kier alpha value is -2.02. The van der Waals surface area contributed by atoms with E-state index in [-0.39, 0.29) is 18.7 Å². The minimum atomic E-state index is -0.988. The van der Waals surface area contributed by atoms with Crippen LogP contribution in [0.1, 0.15) is 36.0 Å². The number of nitrogens with one attached hydrogen (secondary N) is 2. The molecule has 0 radical (unpaired) electrons. The van der Waals surface area contributed by atoms with Crippen LogP contribution in [0, 0.1) is 11.6 Å². The van der Waals surface area contributed by atoms with Crippen molar-refractivity contribution < 1.29 is 23.5 Å². The Balaban J connectivity index is 1.79. The largest absolute Gasteiger partial charge is 0.388 e. The summed E-state index contributed by atoms with van der Waals surface area (Å²) in [7, 11) is 0. The van der Waals surface area contributed by atoms with Crippen LogP contribution in [0.3, 0.4) is 0 Å². The van der Waals surface area contributed by atoms with Gasteiger partial charge in [-0.3, -0.25) is 9.59 Å². The molecule has 2 rings (SSSR count). The summed E-state index contributed by atoms with van der Waals surface area (Å²) in [6, 6.07) is 2.58. The van der Waals surface area contributed by atoms with Crippen molar-refractivity contribution in [3.8, 4) is 0 Å². The first kappa shape index (κ1) is 16.4. The molecule has 1 aromatic rings. The summed E-state index contributed by atoms with van der Waals surface area (Å²) in [5, 5.41) is 14.9. The molecule has 1 fully saturated rings. The van der Waals surface area contributed by atoms with E-state index in [0.717, 1.165) is 25.0 Å². The van der Waals surface area contributed by atoms with Crippen molar-refractivity contribution in [3.63, 3.8) is 0 Å². The van der Waals surface area contributed by atoms with Crippen molar-refractivity contribution >= 4 is 11.8 Å². The van der Waals surface area contributed by atoms with Crippen LogP contribution in [0.5, 0.6) is 0 Å². The molecule has 3 N–H and O–H groups in total. The zero-order valence-corrected chi connectivity index (χ0v) is 12.0. The average Bonchev–Trinajstić information content (AvgIpc) is 2.90. The van der Waals surface area contributed by atoms with Gasteiger partial charge in [0, 0.05) is 12.6 Å². The first-order chi connectivity index (χ1) is 10.4. The molecule has 0 saturated heterocycles. The molecule has 1 aromatic carbocycles. The lowest BCUT2D eigenvalue weighted by molar-refractivity contribution is -0.121. The molecule has 1 aliphatic rings. The van der Waals surface area contributed by atoms with Gasteiger partial charge in [0.05, 0.1) is 17.7 Å². The topological polar surface area (TPSA) is 78.4 Å². The van der Waals surface area contributed by atoms with Gasteiger partial charge in [-0.25, -0.2) is 8.78 Å². The smallest absolute Gasteiger partial charge is 0.254 e. The molecule has 0 bridgehead atoms. The fraction of sp³-hybridized carbons (Fsp3) is 0.467. The number of halogens is 2. The SMILES string of the molecule is O=C(CNC(=O)c1ccc(F)cc1F)NCC1(O)CCCC1. The maximum Gasteiger partial charge on any atom is 0.254 e. The van der Waals surface area contributed by atoms with E-state index in [1.807, 2.05) is 0 Å². The van der Waals surface area contributed by atoms with Gasteiger partial charge in [-0.2, -0.15) is 0 Å². The second-order valence-electron chi connectivity index (χ2n) is 5.52. The fourth-order valence-corrected chi connectivity index (χ4v) is 2.46. The third-order valence-electron chi connectivity index (χ3n) is 3.73. The number of hydrogen-bond donors (Lipinski definition) is 3. The molecule has 2 amide bonds. The maximum atomic E-state index is 13.4. The van der Waals surface area contributed by atoms with Crippen LogP contribution in [-0.2, 0) is 4.79 Å². The summed E-state index contributed by atoms with van der Waals surface area (Å²) in [5.74, 6) is -3.04. The first-order valence-corrected chi connectivity index (χ1v) is 7.12. The summed E-state index contributed by atoms with van der Waals surface area (Å²) in [6.07, 6.45) is 3.13. The summed E-state index contributed by atoms with van der Waals surface area (Å²) in [6.45, 7) is -0.210. The molecule has 22 heavy (non-hydrogen) atoms. The summed E-state index contributed by atoms with van der Waals surface area (Å²) < 4.78 is 26.1. The number of carbonyl (C=O) groups is 2. The van der Waals surface area contributed by atoms with Crippen molar-refractivity contribution in [2.24, 2.45) is 0 Å². The van der Waals surface area contributed by atoms with Gasteiger partial charge < -0.3 is 15.7 Å². The first-order valence-electron chi connectivity index (χ1n) is 7.12. The predicted molar refractivity (Wildman–Crippen MR) is 75.1 cm³/mol. The lowest BCUT2D eigenvalue weighted by Crippen LogP contribution is -2.44. The molecule has 0 heterocycles. The van der Waals surface area contributed by atoms with Gasteiger partial charge in [0.25, 0.3) is 5.91 Å². The Morgan fingerprint density at radius 1 is 1.18 bits per heavy atom. The standard InChI is InChI=1S/C15H18F2N2O3/c16-10-3-4-11(12(17)7-10)14(21)18-8-13(20)19-9-15(22)5-1-2-6-15/h3-4,7,22H,1-2,5-6,8-9H2,(H,18,21)(H,19,20). The maximum absolute atomic E-state index is 13.4. The summed E-state index contributed by atoms with van der Waals surface area (Å²) in [4.78, 5) is 23.3. The number of rotatable bonds is 5. The molecule has 7 heteroatoms. The van der Waals surface area contributed by atoms with Crippen LogP contribution in [-0.4, -0.2) is 35.6 Å². The van der Waals surface area contributed by atoms with E-state index in [0.29, 0.717) is 18.9 Å². The van der Waals surface area contributed by atoms with Gasteiger partial charge in [0.1, 0.15) is 11.6 Å². The minimum absolute atomic E-state index is 0.132. The normalized spacial score (nSPS) is 16.3. The molecule has 5 nitrogen and oxygen atoms in total. The van der Waals surface area contributed by atoms with E-state index in [1.165, 1.54) is 0 Å². The summed E-state index contributed by atoms with van der Waals surface area (Å²) in [5.41, 5.74) is -1.20. The molecular formula is C15H18F2N2O3. The van der Waals surface area contributed by atoms with Crippen molar-refractivity contribution in [1.82, 2.24) is 10.6 Å². The number of carbonyl (C=O) groups excluding carboxylic acids is 2. The van der Waals surface area contributed by atoms with E-state index in [4.69, 9.17) is 0 Å². The Morgan fingerprint density at radius 3 is 2.50 bits per heavy atom. The summed E-state index contributed by atoms with van der Waals surface area (Å²) >= 11 is 0. The van der Waals surface area contributed by atoms with Gasteiger partial charge in [-0.15, -0.1) is 0 Å². The predicted octanol–water partition coefficient (Wildman–Crippen LogP) is 1.12.